The standard InChI is InChI=1S/C10H17N3O2/c1-2-10-11-9(12-15-10)6-13-4-3-8(5-13)7-14/h8,14H,2-7H2,1H3. The molecule has 0 radical (unpaired) electrons. The summed E-state index contributed by atoms with van der Waals surface area (Å²) in [4.78, 5) is 6.52. The first kappa shape index (κ1) is 10.6. The number of aliphatic hydroxyl groups is 1. The molecule has 0 amide bonds. The smallest absolute Gasteiger partial charge is 0.226 e. The lowest BCUT2D eigenvalue weighted by Crippen LogP contribution is -2.21. The van der Waals surface area contributed by atoms with E-state index in [0.29, 0.717) is 11.8 Å². The predicted octanol–water partition coefficient (Wildman–Crippen LogP) is 0.446. The van der Waals surface area contributed by atoms with Gasteiger partial charge in [0, 0.05) is 19.6 Å². The van der Waals surface area contributed by atoms with Gasteiger partial charge >= 0.3 is 0 Å². The summed E-state index contributed by atoms with van der Waals surface area (Å²) in [6, 6.07) is 0. The number of likely N-dealkylation sites (tertiary alicyclic amines) is 1. The number of nitrogens with zero attached hydrogens (tertiary/aromatic N) is 3. The lowest BCUT2D eigenvalue weighted by molar-refractivity contribution is 0.218. The molecule has 2 heterocycles. The van der Waals surface area contributed by atoms with Gasteiger partial charge in [-0.1, -0.05) is 12.1 Å². The Hall–Kier alpha value is -0.940. The lowest BCUT2D eigenvalue weighted by Gasteiger charge is -2.12. The van der Waals surface area contributed by atoms with E-state index in [1.54, 1.807) is 0 Å². The molecule has 5 nitrogen and oxygen atoms in total. The average Bonchev–Trinajstić information content (AvgIpc) is 2.87. The summed E-state index contributed by atoms with van der Waals surface area (Å²) in [5.41, 5.74) is 0. The SMILES string of the molecule is CCc1nc(CN2CCC(CO)C2)no1. The summed E-state index contributed by atoms with van der Waals surface area (Å²) >= 11 is 0. The molecule has 0 aromatic carbocycles. The fourth-order valence-electron chi connectivity index (χ4n) is 1.90. The van der Waals surface area contributed by atoms with Crippen molar-refractivity contribution in [1.82, 2.24) is 15.0 Å². The molecule has 1 aromatic rings. The Morgan fingerprint density at radius 3 is 3.07 bits per heavy atom. The van der Waals surface area contributed by atoms with Gasteiger partial charge in [-0.15, -0.1) is 0 Å². The second kappa shape index (κ2) is 4.72. The van der Waals surface area contributed by atoms with Crippen LogP contribution < -0.4 is 0 Å². The van der Waals surface area contributed by atoms with Crippen LogP contribution >= 0.6 is 0 Å². The van der Waals surface area contributed by atoms with Crippen LogP contribution in [-0.4, -0.2) is 39.8 Å². The van der Waals surface area contributed by atoms with Crippen molar-refractivity contribution in [2.45, 2.75) is 26.3 Å². The second-order valence-corrected chi connectivity index (χ2v) is 4.03. The molecule has 1 fully saturated rings. The molecule has 5 heteroatoms. The molecule has 1 aliphatic rings. The fraction of sp³-hybridized carbons (Fsp3) is 0.800. The van der Waals surface area contributed by atoms with E-state index in [1.807, 2.05) is 6.92 Å². The van der Waals surface area contributed by atoms with E-state index in [9.17, 15) is 0 Å². The van der Waals surface area contributed by atoms with Crippen LogP contribution in [0.15, 0.2) is 4.52 Å². The number of aromatic nitrogens is 2. The van der Waals surface area contributed by atoms with Gasteiger partial charge in [0.15, 0.2) is 5.82 Å². The Morgan fingerprint density at radius 1 is 1.60 bits per heavy atom. The Bertz CT molecular complexity index is 313. The highest BCUT2D eigenvalue weighted by atomic mass is 16.5. The summed E-state index contributed by atoms with van der Waals surface area (Å²) < 4.78 is 5.04. The normalized spacial score (nSPS) is 22.4. The molecule has 0 saturated carbocycles. The molecule has 1 aliphatic heterocycles. The van der Waals surface area contributed by atoms with E-state index < -0.39 is 0 Å². The van der Waals surface area contributed by atoms with Crippen LogP contribution in [0.5, 0.6) is 0 Å². The first-order valence-corrected chi connectivity index (χ1v) is 5.46. The quantitative estimate of drug-likeness (QED) is 0.783. The van der Waals surface area contributed by atoms with Gasteiger partial charge < -0.3 is 9.63 Å². The molecule has 1 aromatic heterocycles. The minimum Gasteiger partial charge on any atom is -0.396 e. The fourth-order valence-corrected chi connectivity index (χ4v) is 1.90. The zero-order chi connectivity index (χ0) is 10.7. The number of hydrogen-bond donors (Lipinski definition) is 1. The lowest BCUT2D eigenvalue weighted by atomic mass is 10.1. The van der Waals surface area contributed by atoms with Crippen molar-refractivity contribution >= 4 is 0 Å². The van der Waals surface area contributed by atoms with Crippen molar-refractivity contribution in [3.63, 3.8) is 0 Å². The third kappa shape index (κ3) is 2.54. The van der Waals surface area contributed by atoms with E-state index in [2.05, 4.69) is 15.0 Å². The van der Waals surface area contributed by atoms with E-state index >= 15 is 0 Å². The van der Waals surface area contributed by atoms with Crippen LogP contribution in [-0.2, 0) is 13.0 Å². The highest BCUT2D eigenvalue weighted by molar-refractivity contribution is 4.87. The minimum atomic E-state index is 0.281. The topological polar surface area (TPSA) is 62.4 Å². The van der Waals surface area contributed by atoms with Crippen LogP contribution in [0.1, 0.15) is 25.1 Å². The Balaban J connectivity index is 1.87. The van der Waals surface area contributed by atoms with Crippen molar-refractivity contribution in [2.75, 3.05) is 19.7 Å². The van der Waals surface area contributed by atoms with Crippen LogP contribution in [0, 0.1) is 5.92 Å². The van der Waals surface area contributed by atoms with Crippen molar-refractivity contribution in [3.8, 4) is 0 Å². The largest absolute Gasteiger partial charge is 0.396 e. The Labute approximate surface area is 89.1 Å². The maximum Gasteiger partial charge on any atom is 0.226 e. The number of aliphatic hydroxyl groups excluding tert-OH is 1. The molecule has 0 aliphatic carbocycles. The molecule has 84 valence electrons. The first-order valence-electron chi connectivity index (χ1n) is 5.46. The second-order valence-electron chi connectivity index (χ2n) is 4.03. The average molecular weight is 211 g/mol. The molecule has 0 bridgehead atoms. The van der Waals surface area contributed by atoms with Crippen molar-refractivity contribution < 1.29 is 9.63 Å². The van der Waals surface area contributed by atoms with Crippen LogP contribution in [0.25, 0.3) is 0 Å². The van der Waals surface area contributed by atoms with Crippen LogP contribution in [0.4, 0.5) is 0 Å². The van der Waals surface area contributed by atoms with Gasteiger partial charge in [-0.05, 0) is 18.9 Å². The molecule has 1 unspecified atom stereocenters. The number of rotatable bonds is 4. The summed E-state index contributed by atoms with van der Waals surface area (Å²) in [7, 11) is 0. The van der Waals surface area contributed by atoms with Gasteiger partial charge in [0.2, 0.25) is 5.89 Å². The van der Waals surface area contributed by atoms with E-state index in [4.69, 9.17) is 9.63 Å². The van der Waals surface area contributed by atoms with Gasteiger partial charge in [0.05, 0.1) is 6.54 Å². The Kier molecular flexibility index (Phi) is 3.33. The van der Waals surface area contributed by atoms with Crippen LogP contribution in [0.2, 0.25) is 0 Å². The van der Waals surface area contributed by atoms with Crippen LogP contribution in [0.3, 0.4) is 0 Å². The molecule has 1 saturated heterocycles. The Morgan fingerprint density at radius 2 is 2.47 bits per heavy atom. The van der Waals surface area contributed by atoms with Crippen molar-refractivity contribution in [2.24, 2.45) is 5.92 Å². The minimum absolute atomic E-state index is 0.281. The summed E-state index contributed by atoms with van der Waals surface area (Å²) in [6.45, 7) is 4.96. The zero-order valence-electron chi connectivity index (χ0n) is 9.02. The number of hydrogen-bond acceptors (Lipinski definition) is 5. The monoisotopic (exact) mass is 211 g/mol. The van der Waals surface area contributed by atoms with Crippen molar-refractivity contribution in [3.05, 3.63) is 11.7 Å². The predicted molar refractivity (Wildman–Crippen MR) is 54.1 cm³/mol. The van der Waals surface area contributed by atoms with E-state index in [-0.39, 0.29) is 6.61 Å². The van der Waals surface area contributed by atoms with Gasteiger partial charge in [0.25, 0.3) is 0 Å². The summed E-state index contributed by atoms with van der Waals surface area (Å²) in [5, 5.41) is 12.9. The van der Waals surface area contributed by atoms with Gasteiger partial charge in [-0.25, -0.2) is 0 Å². The number of aryl methyl sites for hydroxylation is 1. The molecule has 1 atom stereocenters. The van der Waals surface area contributed by atoms with Gasteiger partial charge in [0.1, 0.15) is 0 Å². The third-order valence-electron chi connectivity index (χ3n) is 2.81. The summed E-state index contributed by atoms with van der Waals surface area (Å²) in [6.07, 6.45) is 1.85. The highest BCUT2D eigenvalue weighted by Gasteiger charge is 2.22. The summed E-state index contributed by atoms with van der Waals surface area (Å²) in [5.74, 6) is 1.87. The first-order chi connectivity index (χ1) is 7.31. The molecule has 2 rings (SSSR count). The zero-order valence-corrected chi connectivity index (χ0v) is 9.02. The maximum absolute atomic E-state index is 9.02. The van der Waals surface area contributed by atoms with Crippen molar-refractivity contribution in [1.29, 1.82) is 0 Å². The van der Waals surface area contributed by atoms with Gasteiger partial charge in [-0.2, -0.15) is 4.98 Å². The molecule has 0 spiro atoms. The van der Waals surface area contributed by atoms with E-state index in [1.165, 1.54) is 0 Å². The molecular weight excluding hydrogens is 194 g/mol. The maximum atomic E-state index is 9.02. The molecule has 15 heavy (non-hydrogen) atoms. The van der Waals surface area contributed by atoms with E-state index in [0.717, 1.165) is 38.3 Å². The third-order valence-corrected chi connectivity index (χ3v) is 2.81. The molecule has 1 N–H and O–H groups in total. The molecular formula is C10H17N3O2. The van der Waals surface area contributed by atoms with Gasteiger partial charge in [-0.3, -0.25) is 4.90 Å². The highest BCUT2D eigenvalue weighted by Crippen LogP contribution is 2.16.